The van der Waals surface area contributed by atoms with Crippen LogP contribution in [0.25, 0.3) is 0 Å². The molecule has 6 nitrogen and oxygen atoms in total. The van der Waals surface area contributed by atoms with E-state index < -0.39 is 23.2 Å². The van der Waals surface area contributed by atoms with E-state index in [1.165, 1.54) is 30.5 Å². The number of rotatable bonds is 3. The molecule has 2 aromatic heterocycles. The van der Waals surface area contributed by atoms with Crippen molar-refractivity contribution >= 4 is 5.91 Å². The summed E-state index contributed by atoms with van der Waals surface area (Å²) in [6.07, 6.45) is 1.49. The molecule has 1 aromatic carbocycles. The number of hydrogen-bond donors (Lipinski definition) is 2. The summed E-state index contributed by atoms with van der Waals surface area (Å²) >= 11 is 0. The average molecular weight is 397 g/mol. The number of H-pyrrole nitrogens is 1. The fourth-order valence-electron chi connectivity index (χ4n) is 3.43. The van der Waals surface area contributed by atoms with Gasteiger partial charge in [-0.05, 0) is 42.3 Å². The molecule has 0 bridgehead atoms. The van der Waals surface area contributed by atoms with Gasteiger partial charge in [0.1, 0.15) is 22.8 Å². The van der Waals surface area contributed by atoms with E-state index in [9.17, 15) is 18.4 Å². The molecule has 0 fully saturated rings. The number of aromatic amines is 1. The monoisotopic (exact) mass is 397 g/mol. The molecule has 0 aliphatic carbocycles. The van der Waals surface area contributed by atoms with Crippen LogP contribution in [0.15, 0.2) is 53.5 Å². The Morgan fingerprint density at radius 2 is 2.03 bits per heavy atom. The summed E-state index contributed by atoms with van der Waals surface area (Å²) < 4.78 is 34.0. The first-order valence-electron chi connectivity index (χ1n) is 8.97. The first kappa shape index (κ1) is 18.8. The maximum Gasteiger partial charge on any atom is 0.253 e. The van der Waals surface area contributed by atoms with E-state index >= 15 is 0 Å². The van der Waals surface area contributed by atoms with Crippen molar-refractivity contribution in [2.24, 2.45) is 0 Å². The average Bonchev–Trinajstić information content (AvgIpc) is 2.71. The minimum absolute atomic E-state index is 0.157. The summed E-state index contributed by atoms with van der Waals surface area (Å²) in [5, 5.41) is 2.88. The van der Waals surface area contributed by atoms with E-state index in [0.717, 1.165) is 6.07 Å². The first-order valence-corrected chi connectivity index (χ1v) is 8.97. The van der Waals surface area contributed by atoms with E-state index in [1.807, 2.05) is 0 Å². The number of hydrogen-bond acceptors (Lipinski definition) is 4. The Morgan fingerprint density at radius 1 is 1.21 bits per heavy atom. The Labute approximate surface area is 164 Å². The normalized spacial score (nSPS) is 17.9. The van der Waals surface area contributed by atoms with Gasteiger partial charge in [0, 0.05) is 18.7 Å². The van der Waals surface area contributed by atoms with Gasteiger partial charge in [-0.15, -0.1) is 0 Å². The van der Waals surface area contributed by atoms with Gasteiger partial charge in [-0.25, -0.2) is 9.37 Å². The Morgan fingerprint density at radius 3 is 2.76 bits per heavy atom. The molecule has 0 unspecified atom stereocenters. The molecule has 0 spiro atoms. The highest BCUT2D eigenvalue weighted by Gasteiger charge is 2.43. The van der Waals surface area contributed by atoms with E-state index in [0.29, 0.717) is 16.9 Å². The van der Waals surface area contributed by atoms with Crippen LogP contribution in [-0.4, -0.2) is 22.5 Å². The van der Waals surface area contributed by atoms with Gasteiger partial charge in [-0.2, -0.15) is 4.39 Å². The zero-order chi connectivity index (χ0) is 20.6. The third-order valence-electron chi connectivity index (χ3n) is 5.00. The smallest absolute Gasteiger partial charge is 0.253 e. The van der Waals surface area contributed by atoms with Crippen LogP contribution in [0.1, 0.15) is 33.6 Å². The quantitative estimate of drug-likeness (QED) is 0.666. The second-order valence-electron chi connectivity index (χ2n) is 6.84. The van der Waals surface area contributed by atoms with Crippen molar-refractivity contribution in [1.82, 2.24) is 15.3 Å². The molecule has 29 heavy (non-hydrogen) atoms. The van der Waals surface area contributed by atoms with Gasteiger partial charge in [0.2, 0.25) is 11.5 Å². The lowest BCUT2D eigenvalue weighted by molar-refractivity contribution is 0.0882. The summed E-state index contributed by atoms with van der Waals surface area (Å²) in [5.74, 6) is -1.42. The minimum Gasteiger partial charge on any atom is -0.491 e. The third-order valence-corrected chi connectivity index (χ3v) is 5.00. The number of nitrogens with one attached hydrogen (secondary N) is 2. The van der Waals surface area contributed by atoms with Crippen molar-refractivity contribution in [3.8, 4) is 5.75 Å². The molecule has 1 aliphatic rings. The van der Waals surface area contributed by atoms with Crippen LogP contribution in [0.2, 0.25) is 0 Å². The number of pyridine rings is 2. The van der Waals surface area contributed by atoms with Gasteiger partial charge in [0.05, 0.1) is 12.2 Å². The molecule has 3 aromatic rings. The van der Waals surface area contributed by atoms with Crippen LogP contribution in [0.4, 0.5) is 8.78 Å². The number of carbonyl (C=O) groups is 1. The second-order valence-corrected chi connectivity index (χ2v) is 6.84. The SMILES string of the molecule is Cc1ccc([C@@]2(NC(=O)c3ccc(=O)[nH]c3)CCOc3ccc(F)nc32)cc1F. The molecular formula is C21H17F2N3O3. The van der Waals surface area contributed by atoms with E-state index in [2.05, 4.69) is 15.3 Å². The molecule has 1 atom stereocenters. The predicted molar refractivity (Wildman–Crippen MR) is 101 cm³/mol. The van der Waals surface area contributed by atoms with Gasteiger partial charge in [-0.3, -0.25) is 9.59 Å². The molecule has 1 amide bonds. The van der Waals surface area contributed by atoms with Crippen LogP contribution >= 0.6 is 0 Å². The number of ether oxygens (including phenoxy) is 1. The van der Waals surface area contributed by atoms with E-state index in [1.54, 1.807) is 19.1 Å². The van der Waals surface area contributed by atoms with Crippen LogP contribution in [0.5, 0.6) is 5.75 Å². The summed E-state index contributed by atoms with van der Waals surface area (Å²) in [7, 11) is 0. The summed E-state index contributed by atoms with van der Waals surface area (Å²) in [6.45, 7) is 1.84. The number of aromatic nitrogens is 2. The molecule has 1 aliphatic heterocycles. The molecule has 0 saturated carbocycles. The van der Waals surface area contributed by atoms with Gasteiger partial charge >= 0.3 is 0 Å². The molecule has 0 saturated heterocycles. The second kappa shape index (κ2) is 7.12. The Hall–Kier alpha value is -3.55. The lowest BCUT2D eigenvalue weighted by Gasteiger charge is -2.39. The maximum atomic E-state index is 14.4. The number of aryl methyl sites for hydroxylation is 1. The van der Waals surface area contributed by atoms with Crippen molar-refractivity contribution in [3.63, 3.8) is 0 Å². The summed E-state index contributed by atoms with van der Waals surface area (Å²) in [5.41, 5.74) is -0.448. The summed E-state index contributed by atoms with van der Waals surface area (Å²) in [6, 6.07) is 9.76. The molecule has 2 N–H and O–H groups in total. The van der Waals surface area contributed by atoms with Crippen molar-refractivity contribution in [2.45, 2.75) is 18.9 Å². The van der Waals surface area contributed by atoms with E-state index in [4.69, 9.17) is 4.74 Å². The zero-order valence-corrected chi connectivity index (χ0v) is 15.5. The predicted octanol–water partition coefficient (Wildman–Crippen LogP) is 2.81. The number of halogens is 2. The number of carbonyl (C=O) groups excluding carboxylic acids is 1. The maximum absolute atomic E-state index is 14.4. The molecule has 148 valence electrons. The Bertz CT molecular complexity index is 1140. The fourth-order valence-corrected chi connectivity index (χ4v) is 3.43. The van der Waals surface area contributed by atoms with Gasteiger partial charge < -0.3 is 15.0 Å². The first-order chi connectivity index (χ1) is 13.9. The van der Waals surface area contributed by atoms with Crippen molar-refractivity contribution in [3.05, 3.63) is 93.2 Å². The van der Waals surface area contributed by atoms with Crippen LogP contribution < -0.4 is 15.6 Å². The lowest BCUT2D eigenvalue weighted by Crippen LogP contribution is -2.50. The summed E-state index contributed by atoms with van der Waals surface area (Å²) in [4.78, 5) is 30.7. The highest BCUT2D eigenvalue weighted by Crippen LogP contribution is 2.41. The minimum atomic E-state index is -1.31. The number of fused-ring (bicyclic) bond motifs is 1. The lowest BCUT2D eigenvalue weighted by atomic mass is 9.80. The molecule has 8 heteroatoms. The largest absolute Gasteiger partial charge is 0.491 e. The van der Waals surface area contributed by atoms with E-state index in [-0.39, 0.29) is 29.8 Å². The van der Waals surface area contributed by atoms with Gasteiger partial charge in [0.15, 0.2) is 0 Å². The molecule has 3 heterocycles. The van der Waals surface area contributed by atoms with Crippen LogP contribution in [0, 0.1) is 18.7 Å². The van der Waals surface area contributed by atoms with Crippen molar-refractivity contribution in [1.29, 1.82) is 0 Å². The molecule has 4 rings (SSSR count). The third kappa shape index (κ3) is 3.37. The van der Waals surface area contributed by atoms with Crippen molar-refractivity contribution in [2.75, 3.05) is 6.61 Å². The highest BCUT2D eigenvalue weighted by atomic mass is 19.1. The number of amides is 1. The standard InChI is InChI=1S/C21H17F2N3O3/c1-12-2-4-14(10-15(12)22)21(26-20(28)13-3-7-18(27)24-11-13)8-9-29-16-5-6-17(23)25-19(16)21/h2-7,10-11H,8-9H2,1H3,(H,24,27)(H,26,28)/t21-/m0/s1. The molecule has 0 radical (unpaired) electrons. The molecular weight excluding hydrogens is 380 g/mol. The fraction of sp³-hybridized carbons (Fsp3) is 0.190. The van der Waals surface area contributed by atoms with Crippen LogP contribution in [-0.2, 0) is 5.54 Å². The van der Waals surface area contributed by atoms with Crippen molar-refractivity contribution < 1.29 is 18.3 Å². The Kier molecular flexibility index (Phi) is 4.62. The van der Waals surface area contributed by atoms with Crippen LogP contribution in [0.3, 0.4) is 0 Å². The zero-order valence-electron chi connectivity index (χ0n) is 15.5. The van der Waals surface area contributed by atoms with Gasteiger partial charge in [0.25, 0.3) is 5.91 Å². The highest BCUT2D eigenvalue weighted by molar-refractivity contribution is 5.94. The number of nitrogens with zero attached hydrogens (tertiary/aromatic N) is 1. The number of benzene rings is 1. The van der Waals surface area contributed by atoms with Gasteiger partial charge in [-0.1, -0.05) is 12.1 Å². The Balaban J connectivity index is 1.88. The topological polar surface area (TPSA) is 84.1 Å².